The second-order valence-electron chi connectivity index (χ2n) is 0.860. The summed E-state index contributed by atoms with van der Waals surface area (Å²) in [5.41, 5.74) is 0. The number of nitrogens with zero attached hydrogens (tertiary/aromatic N) is 1. The molecule has 0 aromatic rings. The summed E-state index contributed by atoms with van der Waals surface area (Å²) in [7, 11) is 0. The van der Waals surface area contributed by atoms with Crippen LogP contribution < -0.4 is 0 Å². The van der Waals surface area contributed by atoms with Gasteiger partial charge in [-0.25, -0.2) is 0 Å². The van der Waals surface area contributed by atoms with Gasteiger partial charge in [-0.2, -0.15) is 0 Å². The summed E-state index contributed by atoms with van der Waals surface area (Å²) in [6.45, 7) is 5.32. The number of terminal acetylenes is 1. The summed E-state index contributed by atoms with van der Waals surface area (Å²) in [6.07, 6.45) is 5.50. The van der Waals surface area contributed by atoms with Crippen LogP contribution in [0.4, 0.5) is 0 Å². The molecule has 0 aliphatic heterocycles. The number of hydrogen-bond acceptors (Lipinski definition) is 0. The van der Waals surface area contributed by atoms with Crippen molar-refractivity contribution in [1.29, 1.82) is 0 Å². The van der Waals surface area contributed by atoms with E-state index < -0.39 is 0 Å². The summed E-state index contributed by atoms with van der Waals surface area (Å²) < 4.78 is 0. The highest BCUT2D eigenvalue weighted by molar-refractivity contribution is 4.87. The highest BCUT2D eigenvalue weighted by atomic mass is 14.6. The average Bonchev–Trinajstić information content (AvgIpc) is 1.61. The maximum absolute atomic E-state index is 4.85. The molecule has 1 heteroatoms. The van der Waals surface area contributed by atoms with Crippen molar-refractivity contribution in [3.8, 4) is 18.9 Å². The van der Waals surface area contributed by atoms with Crippen molar-refractivity contribution in [2.24, 2.45) is 0 Å². The van der Waals surface area contributed by atoms with Crippen molar-refractivity contribution in [1.82, 2.24) is 0 Å². The topological polar surface area (TPSA) is 4.36 Å². The highest BCUT2D eigenvalue weighted by Crippen LogP contribution is 1.71. The Morgan fingerprint density at radius 3 is 2.50 bits per heavy atom. The van der Waals surface area contributed by atoms with Gasteiger partial charge in [-0.1, -0.05) is 10.8 Å². The second-order valence-corrected chi connectivity index (χ2v) is 0.860. The summed E-state index contributed by atoms with van der Waals surface area (Å²) in [5.74, 6) is 2.39. The smallest absolute Gasteiger partial charge is 0.120 e. The molecule has 0 aromatic carbocycles. The van der Waals surface area contributed by atoms with E-state index in [1.807, 2.05) is 0 Å². The number of hydrogen-bond donors (Lipinski definition) is 0. The Morgan fingerprint density at radius 1 is 1.67 bits per heavy atom. The van der Waals surface area contributed by atoms with Gasteiger partial charge in [0.1, 0.15) is 0 Å². The van der Waals surface area contributed by atoms with E-state index in [9.17, 15) is 0 Å². The fraction of sp³-hybridized carbons (Fsp3) is 0.400. The van der Waals surface area contributed by atoms with Gasteiger partial charge in [0.2, 0.25) is 0 Å². The molecule has 0 N–H and O–H groups in total. The van der Waals surface area contributed by atoms with Crippen LogP contribution in [0.1, 0.15) is 6.42 Å². The average molecular weight is 80.1 g/mol. The molecule has 0 aliphatic carbocycles. The van der Waals surface area contributed by atoms with Crippen LogP contribution in [0.5, 0.6) is 0 Å². The molecular weight excluding hydrogens is 74.1 g/mol. The zero-order valence-electron chi connectivity index (χ0n) is 3.52. The quantitative estimate of drug-likeness (QED) is 0.326. The molecule has 0 saturated heterocycles. The summed E-state index contributed by atoms with van der Waals surface area (Å²) in [4.78, 5) is 3.28. The molecular formula is C5H6N+. The van der Waals surface area contributed by atoms with E-state index in [1.165, 1.54) is 0 Å². The van der Waals surface area contributed by atoms with Crippen molar-refractivity contribution in [2.75, 3.05) is 6.54 Å². The second kappa shape index (κ2) is 4.05. The van der Waals surface area contributed by atoms with Crippen LogP contribution in [-0.2, 0) is 0 Å². The van der Waals surface area contributed by atoms with Gasteiger partial charge >= 0.3 is 0 Å². The first kappa shape index (κ1) is 5.05. The van der Waals surface area contributed by atoms with Crippen molar-refractivity contribution >= 4 is 0 Å². The Kier molecular flexibility index (Phi) is 3.41. The van der Waals surface area contributed by atoms with Crippen LogP contribution in [0.15, 0.2) is 0 Å². The maximum atomic E-state index is 4.85. The molecule has 0 heterocycles. The largest absolute Gasteiger partial charge is 0.274 e. The third-order valence-corrected chi connectivity index (χ3v) is 0.385. The van der Waals surface area contributed by atoms with E-state index in [2.05, 4.69) is 10.8 Å². The van der Waals surface area contributed by atoms with Crippen molar-refractivity contribution in [3.63, 3.8) is 0 Å². The SMILES string of the molecule is C#CCC[N+]#C. The lowest BCUT2D eigenvalue weighted by molar-refractivity contribution is 1.19. The lowest BCUT2D eigenvalue weighted by Crippen LogP contribution is -1.66. The van der Waals surface area contributed by atoms with Gasteiger partial charge in [0.05, 0.1) is 6.42 Å². The van der Waals surface area contributed by atoms with Gasteiger partial charge in [-0.15, -0.1) is 6.42 Å². The van der Waals surface area contributed by atoms with Gasteiger partial charge in [0, 0.05) is 0 Å². The molecule has 0 radical (unpaired) electrons. The molecule has 0 unspecified atom stereocenters. The van der Waals surface area contributed by atoms with Gasteiger partial charge in [-0.05, 0) is 0 Å². The van der Waals surface area contributed by atoms with Crippen molar-refractivity contribution < 1.29 is 0 Å². The highest BCUT2D eigenvalue weighted by Gasteiger charge is 1.78. The standard InChI is InChI=1S/C5H6N/c1-3-4-5-6-2/h1-2H,4-5H2/q+1. The first-order valence-electron chi connectivity index (χ1n) is 1.72. The lowest BCUT2D eigenvalue weighted by atomic mass is 10.5. The first-order valence-corrected chi connectivity index (χ1v) is 1.72. The molecule has 0 amide bonds. The van der Waals surface area contributed by atoms with Crippen LogP contribution in [-0.4, -0.2) is 6.54 Å². The lowest BCUT2D eigenvalue weighted by Gasteiger charge is -1.60. The Balaban J connectivity index is 2.78. The molecule has 0 rings (SSSR count). The molecule has 30 valence electrons. The molecule has 0 spiro atoms. The van der Waals surface area contributed by atoms with Gasteiger partial charge in [0.25, 0.3) is 13.1 Å². The maximum Gasteiger partial charge on any atom is 0.274 e. The van der Waals surface area contributed by atoms with Crippen LogP contribution in [0.25, 0.3) is 4.85 Å². The fourth-order valence-corrected chi connectivity index (χ4v) is 0.129. The Hall–Kier alpha value is -0.950. The summed E-state index contributed by atoms with van der Waals surface area (Å²) >= 11 is 0. The molecule has 1 nitrogen and oxygen atoms in total. The Morgan fingerprint density at radius 2 is 2.33 bits per heavy atom. The van der Waals surface area contributed by atoms with E-state index >= 15 is 0 Å². The summed E-state index contributed by atoms with van der Waals surface area (Å²) in [6, 6.07) is 0. The van der Waals surface area contributed by atoms with Crippen LogP contribution >= 0.6 is 0 Å². The van der Waals surface area contributed by atoms with E-state index in [-0.39, 0.29) is 0 Å². The molecule has 0 atom stereocenters. The van der Waals surface area contributed by atoms with E-state index in [0.29, 0.717) is 13.0 Å². The zero-order valence-corrected chi connectivity index (χ0v) is 3.52. The third kappa shape index (κ3) is 3.05. The van der Waals surface area contributed by atoms with Crippen LogP contribution in [0.2, 0.25) is 0 Å². The normalized spacial score (nSPS) is 5.67. The minimum Gasteiger partial charge on any atom is -0.120 e. The molecule has 0 aromatic heterocycles. The van der Waals surface area contributed by atoms with E-state index in [0.717, 1.165) is 0 Å². The van der Waals surface area contributed by atoms with Crippen molar-refractivity contribution in [2.45, 2.75) is 6.42 Å². The minimum atomic E-state index is 0.580. The van der Waals surface area contributed by atoms with Gasteiger partial charge in [-0.3, -0.25) is 0 Å². The molecule has 0 bridgehead atoms. The third-order valence-electron chi connectivity index (χ3n) is 0.385. The predicted octanol–water partition coefficient (Wildman–Crippen LogP) is 0.972. The predicted molar refractivity (Wildman–Crippen MR) is 26.6 cm³/mol. The van der Waals surface area contributed by atoms with Crippen molar-refractivity contribution in [3.05, 3.63) is 4.85 Å². The number of rotatable bonds is 1. The molecule has 0 fully saturated rings. The molecule has 0 saturated carbocycles. The minimum absolute atomic E-state index is 0.580. The van der Waals surface area contributed by atoms with Crippen LogP contribution in [0, 0.1) is 18.9 Å². The molecule has 0 aliphatic rings. The fourth-order valence-electron chi connectivity index (χ4n) is 0.129. The Bertz CT molecular complexity index is 77.5. The first-order chi connectivity index (χ1) is 2.91. The van der Waals surface area contributed by atoms with Crippen LogP contribution in [0.3, 0.4) is 0 Å². The molecule has 6 heavy (non-hydrogen) atoms. The van der Waals surface area contributed by atoms with E-state index in [4.69, 9.17) is 13.0 Å². The Labute approximate surface area is 37.8 Å². The van der Waals surface area contributed by atoms with E-state index in [1.54, 1.807) is 0 Å². The zero-order chi connectivity index (χ0) is 4.83. The summed E-state index contributed by atoms with van der Waals surface area (Å²) in [5, 5.41) is 0. The van der Waals surface area contributed by atoms with Gasteiger partial charge < -0.3 is 0 Å². The van der Waals surface area contributed by atoms with Gasteiger partial charge in [0.15, 0.2) is 0 Å². The monoisotopic (exact) mass is 80.0 g/mol.